The number of likely N-dealkylation sites (tertiary alicyclic amines) is 1. The van der Waals surface area contributed by atoms with E-state index in [4.69, 9.17) is 4.74 Å². The van der Waals surface area contributed by atoms with Crippen LogP contribution in [0.3, 0.4) is 0 Å². The molecule has 1 aromatic carbocycles. The third-order valence-corrected chi connectivity index (χ3v) is 4.26. The highest BCUT2D eigenvalue weighted by atomic mass is 16.5. The van der Waals surface area contributed by atoms with E-state index >= 15 is 0 Å². The van der Waals surface area contributed by atoms with E-state index in [0.29, 0.717) is 5.92 Å². The molecule has 2 heteroatoms. The Hall–Kier alpha value is -1.02. The molecule has 1 aliphatic heterocycles. The molecule has 1 fully saturated rings. The topological polar surface area (TPSA) is 12.5 Å². The fraction of sp³-hybridized carbons (Fsp3) is 0.647. The van der Waals surface area contributed by atoms with Crippen LogP contribution in [0.4, 0.5) is 0 Å². The zero-order chi connectivity index (χ0) is 14.0. The molecule has 0 saturated carbocycles. The van der Waals surface area contributed by atoms with Gasteiger partial charge in [0.15, 0.2) is 0 Å². The number of rotatable bonds is 2. The van der Waals surface area contributed by atoms with Crippen molar-refractivity contribution in [2.75, 3.05) is 27.2 Å². The molecule has 2 rings (SSSR count). The quantitative estimate of drug-likeness (QED) is 0.803. The van der Waals surface area contributed by atoms with Gasteiger partial charge in [0.2, 0.25) is 0 Å². The van der Waals surface area contributed by atoms with Gasteiger partial charge >= 0.3 is 0 Å². The summed E-state index contributed by atoms with van der Waals surface area (Å²) in [5.41, 5.74) is 2.92. The van der Waals surface area contributed by atoms with Crippen LogP contribution >= 0.6 is 0 Å². The second-order valence-corrected chi connectivity index (χ2v) is 6.78. The number of benzene rings is 1. The Kier molecular flexibility index (Phi) is 4.19. The van der Waals surface area contributed by atoms with Gasteiger partial charge in [0.25, 0.3) is 0 Å². The van der Waals surface area contributed by atoms with E-state index in [1.807, 2.05) is 0 Å². The van der Waals surface area contributed by atoms with Crippen LogP contribution in [0.25, 0.3) is 0 Å². The highest BCUT2D eigenvalue weighted by Crippen LogP contribution is 2.36. The average Bonchev–Trinajstić information content (AvgIpc) is 2.38. The lowest BCUT2D eigenvalue weighted by molar-refractivity contribution is 0.252. The standard InChI is InChI=1S/C17H27NO/c1-17(2,3)14-6-7-15(16(12-14)19-5)13-8-10-18(4)11-9-13/h6-7,12-13H,8-11H2,1-5H3. The molecule has 1 saturated heterocycles. The van der Waals surface area contributed by atoms with Crippen molar-refractivity contribution >= 4 is 0 Å². The van der Waals surface area contributed by atoms with Crippen LogP contribution in [-0.4, -0.2) is 32.1 Å². The predicted octanol–water partition coefficient (Wildman–Crippen LogP) is 3.80. The van der Waals surface area contributed by atoms with Crippen molar-refractivity contribution in [1.29, 1.82) is 0 Å². The third kappa shape index (κ3) is 3.30. The fourth-order valence-electron chi connectivity index (χ4n) is 2.83. The van der Waals surface area contributed by atoms with E-state index in [9.17, 15) is 0 Å². The number of hydrogen-bond donors (Lipinski definition) is 0. The first kappa shape index (κ1) is 14.4. The normalized spacial score (nSPS) is 18.6. The molecule has 0 aliphatic carbocycles. The van der Waals surface area contributed by atoms with E-state index in [-0.39, 0.29) is 5.41 Å². The fourth-order valence-corrected chi connectivity index (χ4v) is 2.83. The summed E-state index contributed by atoms with van der Waals surface area (Å²) in [6.45, 7) is 9.12. The van der Waals surface area contributed by atoms with Crippen LogP contribution in [0.15, 0.2) is 18.2 Å². The van der Waals surface area contributed by atoms with Crippen molar-refractivity contribution in [3.63, 3.8) is 0 Å². The second kappa shape index (κ2) is 5.54. The molecule has 1 aliphatic rings. The van der Waals surface area contributed by atoms with Crippen LogP contribution in [0.2, 0.25) is 0 Å². The van der Waals surface area contributed by atoms with Gasteiger partial charge in [0.05, 0.1) is 7.11 Å². The molecule has 0 radical (unpaired) electrons. The van der Waals surface area contributed by atoms with Gasteiger partial charge in [-0.1, -0.05) is 32.9 Å². The van der Waals surface area contributed by atoms with Crippen molar-refractivity contribution in [3.05, 3.63) is 29.3 Å². The third-order valence-electron chi connectivity index (χ3n) is 4.26. The lowest BCUT2D eigenvalue weighted by atomic mass is 9.83. The number of piperidine rings is 1. The van der Waals surface area contributed by atoms with E-state index in [2.05, 4.69) is 50.9 Å². The molecule has 0 bridgehead atoms. The zero-order valence-corrected chi connectivity index (χ0v) is 13.0. The number of nitrogens with zero attached hydrogens (tertiary/aromatic N) is 1. The van der Waals surface area contributed by atoms with Crippen LogP contribution in [0.1, 0.15) is 50.7 Å². The molecular weight excluding hydrogens is 234 g/mol. The molecule has 1 aromatic rings. The molecule has 0 spiro atoms. The number of hydrogen-bond acceptors (Lipinski definition) is 2. The Morgan fingerprint density at radius 3 is 2.32 bits per heavy atom. The Morgan fingerprint density at radius 1 is 1.16 bits per heavy atom. The molecule has 0 aromatic heterocycles. The minimum Gasteiger partial charge on any atom is -0.496 e. The van der Waals surface area contributed by atoms with E-state index in [1.165, 1.54) is 37.1 Å². The van der Waals surface area contributed by atoms with Gasteiger partial charge in [-0.2, -0.15) is 0 Å². The molecule has 0 unspecified atom stereocenters. The SMILES string of the molecule is COc1cc(C(C)(C)C)ccc1C1CCN(C)CC1. The number of ether oxygens (including phenoxy) is 1. The molecule has 2 nitrogen and oxygen atoms in total. The first-order valence-corrected chi connectivity index (χ1v) is 7.29. The van der Waals surface area contributed by atoms with Gasteiger partial charge in [-0.3, -0.25) is 0 Å². The van der Waals surface area contributed by atoms with Crippen LogP contribution < -0.4 is 4.74 Å². The van der Waals surface area contributed by atoms with Gasteiger partial charge in [-0.15, -0.1) is 0 Å². The summed E-state index contributed by atoms with van der Waals surface area (Å²) < 4.78 is 5.65. The lowest BCUT2D eigenvalue weighted by Gasteiger charge is -2.30. The van der Waals surface area contributed by atoms with Crippen LogP contribution in [0, 0.1) is 0 Å². The lowest BCUT2D eigenvalue weighted by Crippen LogP contribution is -2.29. The van der Waals surface area contributed by atoms with Crippen molar-refractivity contribution in [2.45, 2.75) is 44.9 Å². The van der Waals surface area contributed by atoms with Crippen LogP contribution in [-0.2, 0) is 5.41 Å². The average molecular weight is 261 g/mol. The van der Waals surface area contributed by atoms with E-state index in [0.717, 1.165) is 5.75 Å². The van der Waals surface area contributed by atoms with Gasteiger partial charge in [-0.25, -0.2) is 0 Å². The van der Waals surface area contributed by atoms with Crippen molar-refractivity contribution < 1.29 is 4.74 Å². The highest BCUT2D eigenvalue weighted by molar-refractivity contribution is 5.42. The summed E-state index contributed by atoms with van der Waals surface area (Å²) in [6, 6.07) is 6.79. The minimum absolute atomic E-state index is 0.179. The summed E-state index contributed by atoms with van der Waals surface area (Å²) in [5.74, 6) is 1.72. The maximum atomic E-state index is 5.65. The van der Waals surface area contributed by atoms with E-state index < -0.39 is 0 Å². The molecular formula is C17H27NO. The maximum absolute atomic E-state index is 5.65. The monoisotopic (exact) mass is 261 g/mol. The van der Waals surface area contributed by atoms with Gasteiger partial charge in [-0.05, 0) is 61.5 Å². The predicted molar refractivity (Wildman–Crippen MR) is 81.2 cm³/mol. The molecule has 106 valence electrons. The number of methoxy groups -OCH3 is 1. The molecule has 0 amide bonds. The zero-order valence-electron chi connectivity index (χ0n) is 13.0. The summed E-state index contributed by atoms with van der Waals surface area (Å²) in [7, 11) is 4.00. The summed E-state index contributed by atoms with van der Waals surface area (Å²) >= 11 is 0. The van der Waals surface area contributed by atoms with E-state index in [1.54, 1.807) is 7.11 Å². The van der Waals surface area contributed by atoms with Crippen molar-refractivity contribution in [2.24, 2.45) is 0 Å². The largest absolute Gasteiger partial charge is 0.496 e. The highest BCUT2D eigenvalue weighted by Gasteiger charge is 2.23. The molecule has 0 N–H and O–H groups in total. The summed E-state index contributed by atoms with van der Waals surface area (Å²) in [5, 5.41) is 0. The molecule has 19 heavy (non-hydrogen) atoms. The second-order valence-electron chi connectivity index (χ2n) is 6.78. The van der Waals surface area contributed by atoms with Gasteiger partial charge in [0, 0.05) is 0 Å². The Morgan fingerprint density at radius 2 is 1.79 bits per heavy atom. The first-order chi connectivity index (χ1) is 8.91. The van der Waals surface area contributed by atoms with Gasteiger partial charge < -0.3 is 9.64 Å². The smallest absolute Gasteiger partial charge is 0.122 e. The summed E-state index contributed by atoms with van der Waals surface area (Å²) in [4.78, 5) is 2.41. The molecule has 0 atom stereocenters. The Bertz CT molecular complexity index is 425. The Labute approximate surface area is 117 Å². The minimum atomic E-state index is 0.179. The van der Waals surface area contributed by atoms with Gasteiger partial charge in [0.1, 0.15) is 5.75 Å². The molecule has 1 heterocycles. The van der Waals surface area contributed by atoms with Crippen molar-refractivity contribution in [3.8, 4) is 5.75 Å². The van der Waals surface area contributed by atoms with Crippen LogP contribution in [0.5, 0.6) is 5.75 Å². The first-order valence-electron chi connectivity index (χ1n) is 7.29. The summed E-state index contributed by atoms with van der Waals surface area (Å²) in [6.07, 6.45) is 2.48. The van der Waals surface area contributed by atoms with Crippen molar-refractivity contribution in [1.82, 2.24) is 4.90 Å². The Balaban J connectivity index is 2.26. The maximum Gasteiger partial charge on any atom is 0.122 e.